The van der Waals surface area contributed by atoms with Gasteiger partial charge in [-0.2, -0.15) is 5.26 Å². The number of hydrogen-bond donors (Lipinski definition) is 1. The van der Waals surface area contributed by atoms with Gasteiger partial charge in [-0.3, -0.25) is 0 Å². The molecule has 1 N–H and O–H groups in total. The smallest absolute Gasteiger partial charge is 0.188 e. The minimum absolute atomic E-state index is 0.349. The maximum Gasteiger partial charge on any atom is 0.188 e. The predicted molar refractivity (Wildman–Crippen MR) is 77.8 cm³/mol. The van der Waals surface area contributed by atoms with Gasteiger partial charge in [-0.1, -0.05) is 22.9 Å². The molecular weight excluding hydrogens is 280 g/mol. The fourth-order valence-corrected chi connectivity index (χ4v) is 4.20. The molecule has 2 aliphatic rings. The average molecular weight is 297 g/mol. The number of piperidine rings is 1. The first kappa shape index (κ1) is 13.2. The van der Waals surface area contributed by atoms with E-state index in [0.29, 0.717) is 10.0 Å². The second-order valence-electron chi connectivity index (χ2n) is 5.26. The molecule has 2 aliphatic heterocycles. The molecule has 0 aromatic carbocycles. The Morgan fingerprint density at radius 2 is 2.16 bits per heavy atom. The Hall–Kier alpha value is -0.830. The zero-order valence-corrected chi connectivity index (χ0v) is 12.3. The highest BCUT2D eigenvalue weighted by Crippen LogP contribution is 2.33. The summed E-state index contributed by atoms with van der Waals surface area (Å²) in [5.74, 6) is 0.796. The van der Waals surface area contributed by atoms with Crippen molar-refractivity contribution in [1.82, 2.24) is 10.3 Å². The van der Waals surface area contributed by atoms with E-state index >= 15 is 0 Å². The van der Waals surface area contributed by atoms with Crippen LogP contribution in [0.15, 0.2) is 0 Å². The van der Waals surface area contributed by atoms with Crippen molar-refractivity contribution in [1.29, 1.82) is 5.26 Å². The second-order valence-corrected chi connectivity index (χ2v) is 6.59. The van der Waals surface area contributed by atoms with E-state index in [9.17, 15) is 0 Å². The molecule has 0 bridgehead atoms. The first-order chi connectivity index (χ1) is 9.28. The summed E-state index contributed by atoms with van der Waals surface area (Å²) in [4.78, 5) is 7.09. The standard InChI is InChI=1S/C13H17ClN4S/c14-12-11(8-15)19-13(17-12)18-6-3-9(4-7-18)10-2-1-5-16-10/h9-10,16H,1-7H2. The summed E-state index contributed by atoms with van der Waals surface area (Å²) < 4.78 is 0. The van der Waals surface area contributed by atoms with Crippen molar-refractivity contribution in [2.75, 3.05) is 24.5 Å². The molecule has 102 valence electrons. The highest BCUT2D eigenvalue weighted by Gasteiger charge is 2.29. The number of nitriles is 1. The van der Waals surface area contributed by atoms with Crippen LogP contribution in [0.2, 0.25) is 5.15 Å². The van der Waals surface area contributed by atoms with E-state index in [2.05, 4.69) is 21.3 Å². The molecule has 3 rings (SSSR count). The summed E-state index contributed by atoms with van der Waals surface area (Å²) in [7, 11) is 0. The summed E-state index contributed by atoms with van der Waals surface area (Å²) in [6.07, 6.45) is 5.05. The molecule has 6 heteroatoms. The first-order valence-corrected chi connectivity index (χ1v) is 8.02. The summed E-state index contributed by atoms with van der Waals surface area (Å²) in [5.41, 5.74) is 0. The third-order valence-electron chi connectivity index (χ3n) is 4.15. The van der Waals surface area contributed by atoms with Gasteiger partial charge < -0.3 is 10.2 Å². The molecule has 2 fully saturated rings. The second kappa shape index (κ2) is 5.66. The normalized spacial score (nSPS) is 24.6. The van der Waals surface area contributed by atoms with E-state index in [1.807, 2.05) is 0 Å². The highest BCUT2D eigenvalue weighted by molar-refractivity contribution is 7.16. The number of halogens is 1. The van der Waals surface area contributed by atoms with Gasteiger partial charge in [0, 0.05) is 19.1 Å². The number of rotatable bonds is 2. The SMILES string of the molecule is N#Cc1sc(N2CCC(C3CCCN3)CC2)nc1Cl. The van der Waals surface area contributed by atoms with Crippen molar-refractivity contribution in [3.05, 3.63) is 10.0 Å². The van der Waals surface area contributed by atoms with Gasteiger partial charge in [0.1, 0.15) is 10.9 Å². The largest absolute Gasteiger partial charge is 0.348 e. The maximum atomic E-state index is 8.92. The van der Waals surface area contributed by atoms with Gasteiger partial charge >= 0.3 is 0 Å². The Bertz CT molecular complexity index is 481. The number of aromatic nitrogens is 1. The Kier molecular flexibility index (Phi) is 3.92. The highest BCUT2D eigenvalue weighted by atomic mass is 35.5. The van der Waals surface area contributed by atoms with Crippen LogP contribution in [0.3, 0.4) is 0 Å². The summed E-state index contributed by atoms with van der Waals surface area (Å²) in [5, 5.41) is 13.8. The van der Waals surface area contributed by atoms with Crippen molar-refractivity contribution in [3.8, 4) is 6.07 Å². The minimum atomic E-state index is 0.349. The van der Waals surface area contributed by atoms with Crippen LogP contribution < -0.4 is 10.2 Å². The van der Waals surface area contributed by atoms with Gasteiger partial charge in [0.15, 0.2) is 10.3 Å². The number of nitrogens with one attached hydrogen (secondary N) is 1. The van der Waals surface area contributed by atoms with Crippen molar-refractivity contribution >= 4 is 28.1 Å². The quantitative estimate of drug-likeness (QED) is 0.911. The van der Waals surface area contributed by atoms with Crippen molar-refractivity contribution in [2.24, 2.45) is 5.92 Å². The van der Waals surface area contributed by atoms with Gasteiger partial charge in [-0.15, -0.1) is 0 Å². The molecule has 0 amide bonds. The molecule has 0 radical (unpaired) electrons. The lowest BCUT2D eigenvalue weighted by Crippen LogP contribution is -2.40. The van der Waals surface area contributed by atoms with Gasteiger partial charge in [0.25, 0.3) is 0 Å². The average Bonchev–Trinajstić information content (AvgIpc) is 3.08. The van der Waals surface area contributed by atoms with E-state index in [1.165, 1.54) is 43.6 Å². The predicted octanol–water partition coefficient (Wildman–Crippen LogP) is 2.64. The fourth-order valence-electron chi connectivity index (χ4n) is 3.10. The third-order valence-corrected chi connectivity index (χ3v) is 5.56. The lowest BCUT2D eigenvalue weighted by Gasteiger charge is -2.34. The van der Waals surface area contributed by atoms with Crippen LogP contribution in [0.5, 0.6) is 0 Å². The van der Waals surface area contributed by atoms with Gasteiger partial charge in [0.2, 0.25) is 0 Å². The number of nitrogens with zero attached hydrogens (tertiary/aromatic N) is 3. The number of hydrogen-bond acceptors (Lipinski definition) is 5. The van der Waals surface area contributed by atoms with E-state index in [0.717, 1.165) is 30.2 Å². The Labute approximate surface area is 122 Å². The number of thiazole rings is 1. The van der Waals surface area contributed by atoms with Crippen LogP contribution in [-0.2, 0) is 0 Å². The number of anilines is 1. The van der Waals surface area contributed by atoms with Crippen LogP contribution >= 0.6 is 22.9 Å². The Balaban J connectivity index is 1.61. The third kappa shape index (κ3) is 2.71. The molecule has 19 heavy (non-hydrogen) atoms. The summed E-state index contributed by atoms with van der Waals surface area (Å²) >= 11 is 7.34. The molecule has 0 saturated carbocycles. The minimum Gasteiger partial charge on any atom is -0.348 e. The Morgan fingerprint density at radius 1 is 1.37 bits per heavy atom. The topological polar surface area (TPSA) is 52.0 Å². The molecular formula is C13H17ClN4S. The molecule has 0 spiro atoms. The molecule has 1 atom stereocenters. The van der Waals surface area contributed by atoms with Crippen molar-refractivity contribution in [2.45, 2.75) is 31.7 Å². The van der Waals surface area contributed by atoms with E-state index < -0.39 is 0 Å². The monoisotopic (exact) mass is 296 g/mol. The first-order valence-electron chi connectivity index (χ1n) is 6.82. The van der Waals surface area contributed by atoms with Crippen LogP contribution in [0.25, 0.3) is 0 Å². The molecule has 0 aliphatic carbocycles. The molecule has 1 aromatic rings. The van der Waals surface area contributed by atoms with Crippen LogP contribution in [0, 0.1) is 17.2 Å². The zero-order valence-electron chi connectivity index (χ0n) is 10.7. The Morgan fingerprint density at radius 3 is 2.74 bits per heavy atom. The summed E-state index contributed by atoms with van der Waals surface area (Å²) in [6, 6.07) is 2.81. The lowest BCUT2D eigenvalue weighted by molar-refractivity contribution is 0.319. The lowest BCUT2D eigenvalue weighted by atomic mass is 9.89. The van der Waals surface area contributed by atoms with E-state index in [4.69, 9.17) is 16.9 Å². The van der Waals surface area contributed by atoms with Crippen molar-refractivity contribution in [3.63, 3.8) is 0 Å². The maximum absolute atomic E-state index is 8.92. The van der Waals surface area contributed by atoms with Crippen LogP contribution in [-0.4, -0.2) is 30.7 Å². The van der Waals surface area contributed by atoms with Gasteiger partial charge in [0.05, 0.1) is 0 Å². The molecule has 3 heterocycles. The fraction of sp³-hybridized carbons (Fsp3) is 0.692. The van der Waals surface area contributed by atoms with E-state index in [1.54, 1.807) is 0 Å². The van der Waals surface area contributed by atoms with Crippen LogP contribution in [0.1, 0.15) is 30.6 Å². The molecule has 1 unspecified atom stereocenters. The van der Waals surface area contributed by atoms with Gasteiger partial charge in [-0.05, 0) is 38.1 Å². The van der Waals surface area contributed by atoms with Crippen LogP contribution in [0.4, 0.5) is 5.13 Å². The molecule has 1 aromatic heterocycles. The van der Waals surface area contributed by atoms with E-state index in [-0.39, 0.29) is 0 Å². The molecule has 2 saturated heterocycles. The zero-order chi connectivity index (χ0) is 13.2. The van der Waals surface area contributed by atoms with Crippen molar-refractivity contribution < 1.29 is 0 Å². The summed E-state index contributed by atoms with van der Waals surface area (Å²) in [6.45, 7) is 3.23. The molecule has 4 nitrogen and oxygen atoms in total. The van der Waals surface area contributed by atoms with Gasteiger partial charge in [-0.25, -0.2) is 4.98 Å².